The lowest BCUT2D eigenvalue weighted by atomic mass is 10.1. The predicted octanol–water partition coefficient (Wildman–Crippen LogP) is 11.4. The summed E-state index contributed by atoms with van der Waals surface area (Å²) in [6.07, 6.45) is 48.3. The largest absolute Gasteiger partial charge is 0.472 e. The number of phosphoric ester groups is 1. The number of phosphoric acid groups is 1. The molecule has 0 fully saturated rings. The van der Waals surface area contributed by atoms with Crippen molar-refractivity contribution >= 4 is 19.8 Å². The molecule has 0 radical (unpaired) electrons. The third kappa shape index (κ3) is 41.1. The summed E-state index contributed by atoms with van der Waals surface area (Å²) in [5, 5.41) is 18.3. The zero-order valence-corrected chi connectivity index (χ0v) is 36.2. The Morgan fingerprint density at radius 3 is 1.37 bits per heavy atom. The van der Waals surface area contributed by atoms with Crippen LogP contribution in [0.1, 0.15) is 155 Å². The second-order valence-corrected chi connectivity index (χ2v) is 15.4. The third-order valence-corrected chi connectivity index (χ3v) is 9.50. The number of allylic oxidation sites excluding steroid dienone is 14. The maximum absolute atomic E-state index is 12.6. The molecule has 10 nitrogen and oxygen atoms in total. The predicted molar refractivity (Wildman–Crippen MR) is 233 cm³/mol. The van der Waals surface area contributed by atoms with E-state index in [0.717, 1.165) is 96.3 Å². The summed E-state index contributed by atoms with van der Waals surface area (Å²) in [5.41, 5.74) is 0. The fourth-order valence-corrected chi connectivity index (χ4v) is 6.08. The molecule has 0 aliphatic rings. The van der Waals surface area contributed by atoms with E-state index in [1.807, 2.05) is 0 Å². The van der Waals surface area contributed by atoms with Gasteiger partial charge in [0.1, 0.15) is 12.7 Å². The van der Waals surface area contributed by atoms with E-state index in [-0.39, 0.29) is 19.4 Å². The van der Waals surface area contributed by atoms with Crippen molar-refractivity contribution in [2.24, 2.45) is 0 Å². The quantitative estimate of drug-likeness (QED) is 0.0237. The molecule has 0 rings (SSSR count). The van der Waals surface area contributed by atoms with Crippen LogP contribution in [-0.2, 0) is 32.7 Å². The maximum atomic E-state index is 12.6. The van der Waals surface area contributed by atoms with E-state index in [1.54, 1.807) is 0 Å². The summed E-state index contributed by atoms with van der Waals surface area (Å²) >= 11 is 0. The lowest BCUT2D eigenvalue weighted by Crippen LogP contribution is -2.29. The highest BCUT2D eigenvalue weighted by Crippen LogP contribution is 2.43. The van der Waals surface area contributed by atoms with Gasteiger partial charge in [0.15, 0.2) is 6.10 Å². The highest BCUT2D eigenvalue weighted by Gasteiger charge is 2.27. The number of hydrogen-bond acceptors (Lipinski definition) is 9. The summed E-state index contributed by atoms with van der Waals surface area (Å²) in [5.74, 6) is -0.972. The van der Waals surface area contributed by atoms with Crippen LogP contribution in [-0.4, -0.2) is 65.7 Å². The van der Waals surface area contributed by atoms with Gasteiger partial charge in [-0.1, -0.05) is 144 Å². The van der Waals surface area contributed by atoms with Crippen molar-refractivity contribution in [2.75, 3.05) is 26.4 Å². The molecule has 0 heterocycles. The number of hydrogen-bond donors (Lipinski definition) is 3. The lowest BCUT2D eigenvalue weighted by molar-refractivity contribution is -0.161. The van der Waals surface area contributed by atoms with Gasteiger partial charge in [-0.2, -0.15) is 0 Å². The van der Waals surface area contributed by atoms with Gasteiger partial charge < -0.3 is 24.6 Å². The average Bonchev–Trinajstić information content (AvgIpc) is 3.20. The van der Waals surface area contributed by atoms with Gasteiger partial charge >= 0.3 is 19.8 Å². The van der Waals surface area contributed by atoms with Crippen molar-refractivity contribution in [2.45, 2.75) is 167 Å². The van der Waals surface area contributed by atoms with Crippen LogP contribution in [0.5, 0.6) is 0 Å². The number of carbonyl (C=O) groups excluding carboxylic acids is 2. The Morgan fingerprint density at radius 2 is 0.912 bits per heavy atom. The normalized spacial score (nSPS) is 14.7. The first-order valence-corrected chi connectivity index (χ1v) is 23.0. The van der Waals surface area contributed by atoms with Gasteiger partial charge in [-0.05, 0) is 83.5 Å². The molecule has 3 unspecified atom stereocenters. The first kappa shape index (κ1) is 54.2. The fraction of sp³-hybridized carbons (Fsp3) is 0.652. The minimum atomic E-state index is -4.63. The molecule has 0 aliphatic carbocycles. The molecule has 0 saturated heterocycles. The van der Waals surface area contributed by atoms with Crippen LogP contribution >= 0.6 is 7.82 Å². The van der Waals surface area contributed by atoms with E-state index >= 15 is 0 Å². The smallest absolute Gasteiger partial charge is 0.462 e. The van der Waals surface area contributed by atoms with Crippen LogP contribution in [0.25, 0.3) is 0 Å². The van der Waals surface area contributed by atoms with Crippen molar-refractivity contribution in [3.05, 3.63) is 85.1 Å². The van der Waals surface area contributed by atoms with Crippen LogP contribution in [0, 0.1) is 0 Å². The summed E-state index contributed by atoms with van der Waals surface area (Å²) in [4.78, 5) is 35.0. The van der Waals surface area contributed by atoms with E-state index in [9.17, 15) is 24.2 Å². The molecule has 3 atom stereocenters. The Labute approximate surface area is 345 Å². The molecule has 0 aromatic rings. The first-order chi connectivity index (χ1) is 27.7. The summed E-state index contributed by atoms with van der Waals surface area (Å²) in [6, 6.07) is 0. The monoisotopic (exact) mass is 821 g/mol. The Bertz CT molecular complexity index is 1220. The standard InChI is InChI=1S/C46H77O10P/c1-3-5-7-9-11-13-15-17-19-21-23-25-27-29-31-33-35-37-45(49)53-41-44(42-55-57(51,52)54-40-43(48)39-47)56-46(50)38-36-34-32-30-28-26-24-22-20-18-16-14-12-10-8-6-4-2/h5-8,11-14,17-20,24,26,43-44,47-48H,3-4,9-10,15-16,21-23,25,27-42H2,1-2H3,(H,51,52)/b7-5-,8-6-,13-11-,14-12-,19-17-,20-18-,26-24-. The van der Waals surface area contributed by atoms with Gasteiger partial charge in [0.25, 0.3) is 0 Å². The first-order valence-electron chi connectivity index (χ1n) is 21.5. The molecule has 0 aliphatic heterocycles. The topological polar surface area (TPSA) is 149 Å². The third-order valence-electron chi connectivity index (χ3n) is 8.54. The number of aliphatic hydroxyl groups excluding tert-OH is 2. The maximum Gasteiger partial charge on any atom is 0.472 e. The number of aliphatic hydroxyl groups is 2. The van der Waals surface area contributed by atoms with Crippen LogP contribution in [0.2, 0.25) is 0 Å². The molecular formula is C46H77O10P. The highest BCUT2D eigenvalue weighted by molar-refractivity contribution is 7.47. The Balaban J connectivity index is 4.37. The molecule has 0 bridgehead atoms. The molecular weight excluding hydrogens is 743 g/mol. The molecule has 3 N–H and O–H groups in total. The number of rotatable bonds is 39. The van der Waals surface area contributed by atoms with Gasteiger partial charge in [-0.25, -0.2) is 4.57 Å². The minimum Gasteiger partial charge on any atom is -0.462 e. The van der Waals surface area contributed by atoms with Crippen LogP contribution in [0.4, 0.5) is 0 Å². The number of esters is 2. The summed E-state index contributed by atoms with van der Waals surface area (Å²) in [6.45, 7) is 2.10. The second-order valence-electron chi connectivity index (χ2n) is 14.0. The summed E-state index contributed by atoms with van der Waals surface area (Å²) in [7, 11) is -4.63. The minimum absolute atomic E-state index is 0.149. The number of unbranched alkanes of at least 4 members (excludes halogenated alkanes) is 11. The van der Waals surface area contributed by atoms with E-state index in [2.05, 4.69) is 103 Å². The zero-order valence-electron chi connectivity index (χ0n) is 35.3. The van der Waals surface area contributed by atoms with Gasteiger partial charge in [0, 0.05) is 12.8 Å². The zero-order chi connectivity index (χ0) is 41.9. The average molecular weight is 821 g/mol. The molecule has 0 aromatic carbocycles. The fourth-order valence-electron chi connectivity index (χ4n) is 5.29. The molecule has 11 heteroatoms. The van der Waals surface area contributed by atoms with Gasteiger partial charge in [0.2, 0.25) is 0 Å². The number of carbonyl (C=O) groups is 2. The highest BCUT2D eigenvalue weighted by atomic mass is 31.2. The van der Waals surface area contributed by atoms with Crippen molar-refractivity contribution in [3.63, 3.8) is 0 Å². The van der Waals surface area contributed by atoms with Crippen LogP contribution in [0.15, 0.2) is 85.1 Å². The van der Waals surface area contributed by atoms with Crippen molar-refractivity contribution < 1.29 is 47.8 Å². The Morgan fingerprint density at radius 1 is 0.526 bits per heavy atom. The van der Waals surface area contributed by atoms with Gasteiger partial charge in [0.05, 0.1) is 19.8 Å². The summed E-state index contributed by atoms with van der Waals surface area (Å²) < 4.78 is 32.7. The van der Waals surface area contributed by atoms with Gasteiger partial charge in [-0.15, -0.1) is 0 Å². The Hall–Kier alpha value is -2.85. The van der Waals surface area contributed by atoms with Crippen molar-refractivity contribution in [1.82, 2.24) is 0 Å². The molecule has 0 saturated carbocycles. The van der Waals surface area contributed by atoms with E-state index in [0.29, 0.717) is 12.8 Å². The molecule has 0 aromatic heterocycles. The van der Waals surface area contributed by atoms with E-state index in [4.69, 9.17) is 19.1 Å². The SMILES string of the molecule is CC/C=C\C/C=C\C/C=C\C/C=C\CCCCCCC(=O)OC(COC(=O)CCCCCCCCC/C=C\C/C=C\C/C=C\CC)COP(=O)(O)OCC(O)CO. The Kier molecular flexibility index (Phi) is 39.2. The molecule has 0 spiro atoms. The second kappa shape index (κ2) is 41.3. The van der Waals surface area contributed by atoms with Crippen LogP contribution in [0.3, 0.4) is 0 Å². The number of ether oxygens (including phenoxy) is 2. The van der Waals surface area contributed by atoms with E-state index < -0.39 is 51.8 Å². The van der Waals surface area contributed by atoms with Crippen molar-refractivity contribution in [1.29, 1.82) is 0 Å². The lowest BCUT2D eigenvalue weighted by Gasteiger charge is -2.20. The molecule has 57 heavy (non-hydrogen) atoms. The molecule has 0 amide bonds. The van der Waals surface area contributed by atoms with Gasteiger partial charge in [-0.3, -0.25) is 18.6 Å². The molecule has 326 valence electrons. The van der Waals surface area contributed by atoms with E-state index in [1.165, 1.54) is 19.3 Å². The van der Waals surface area contributed by atoms with Crippen LogP contribution < -0.4 is 0 Å². The van der Waals surface area contributed by atoms with Crippen molar-refractivity contribution in [3.8, 4) is 0 Å².